The fourth-order valence-electron chi connectivity index (χ4n) is 1.58. The van der Waals surface area contributed by atoms with Crippen LogP contribution in [0.2, 0.25) is 0 Å². The first kappa shape index (κ1) is 15.0. The number of rotatable bonds is 6. The Bertz CT molecular complexity index is 416. The molecule has 1 heterocycles. The van der Waals surface area contributed by atoms with E-state index in [0.717, 1.165) is 5.76 Å². The van der Waals surface area contributed by atoms with Crippen molar-refractivity contribution in [3.63, 3.8) is 0 Å². The summed E-state index contributed by atoms with van der Waals surface area (Å²) in [6.07, 6.45) is 0.853. The van der Waals surface area contributed by atoms with Crippen LogP contribution in [-0.4, -0.2) is 40.4 Å². The molecule has 2 amide bonds. The molecule has 4 N–H and O–H groups in total. The van der Waals surface area contributed by atoms with E-state index >= 15 is 0 Å². The highest BCUT2D eigenvalue weighted by atomic mass is 16.4. The third-order valence-corrected chi connectivity index (χ3v) is 2.50. The lowest BCUT2D eigenvalue weighted by Crippen LogP contribution is -2.52. The predicted octanol–water partition coefficient (Wildman–Crippen LogP) is 0.344. The molecule has 0 aliphatic rings. The zero-order valence-electron chi connectivity index (χ0n) is 10.8. The molecule has 0 aromatic carbocycles. The Labute approximate surface area is 110 Å². The second-order valence-electron chi connectivity index (χ2n) is 4.36. The van der Waals surface area contributed by atoms with E-state index < -0.39 is 24.1 Å². The molecule has 3 unspecified atom stereocenters. The lowest BCUT2D eigenvalue weighted by molar-refractivity contribution is -0.141. The third-order valence-electron chi connectivity index (χ3n) is 2.50. The van der Waals surface area contributed by atoms with E-state index in [0.29, 0.717) is 6.42 Å². The summed E-state index contributed by atoms with van der Waals surface area (Å²) in [5.74, 6) is -0.568. The predicted molar refractivity (Wildman–Crippen MR) is 66.6 cm³/mol. The quantitative estimate of drug-likeness (QED) is 0.595. The maximum absolute atomic E-state index is 11.6. The minimum atomic E-state index is -1.34. The Kier molecular flexibility index (Phi) is 5.37. The minimum absolute atomic E-state index is 0.227. The number of aliphatic hydroxyl groups is 1. The van der Waals surface area contributed by atoms with Gasteiger partial charge in [-0.15, -0.1) is 0 Å². The first-order chi connectivity index (χ1) is 8.90. The van der Waals surface area contributed by atoms with Gasteiger partial charge in [-0.25, -0.2) is 9.59 Å². The molecule has 1 aromatic rings. The lowest BCUT2D eigenvalue weighted by Gasteiger charge is -2.19. The molecule has 7 heteroatoms. The van der Waals surface area contributed by atoms with E-state index in [9.17, 15) is 14.7 Å². The summed E-state index contributed by atoms with van der Waals surface area (Å²) >= 11 is 0. The maximum Gasteiger partial charge on any atom is 0.328 e. The summed E-state index contributed by atoms with van der Waals surface area (Å²) in [6.45, 7) is 3.06. The lowest BCUT2D eigenvalue weighted by atomic mass is 10.2. The summed E-state index contributed by atoms with van der Waals surface area (Å²) in [6, 6.07) is 1.32. The fourth-order valence-corrected chi connectivity index (χ4v) is 1.58. The van der Waals surface area contributed by atoms with Crippen molar-refractivity contribution in [3.8, 4) is 0 Å². The van der Waals surface area contributed by atoms with Gasteiger partial charge in [-0.05, 0) is 26.0 Å². The van der Waals surface area contributed by atoms with Gasteiger partial charge in [-0.3, -0.25) is 0 Å². The van der Waals surface area contributed by atoms with E-state index in [4.69, 9.17) is 9.52 Å². The van der Waals surface area contributed by atoms with Gasteiger partial charge >= 0.3 is 12.0 Å². The second kappa shape index (κ2) is 6.79. The van der Waals surface area contributed by atoms with Crippen molar-refractivity contribution < 1.29 is 24.2 Å². The third kappa shape index (κ3) is 5.01. The van der Waals surface area contributed by atoms with Gasteiger partial charge in [0.2, 0.25) is 0 Å². The molecule has 0 fully saturated rings. The number of amides is 2. The number of carbonyl (C=O) groups is 2. The molecule has 0 aliphatic heterocycles. The number of nitrogens with one attached hydrogen (secondary N) is 2. The van der Waals surface area contributed by atoms with Crippen LogP contribution in [0.15, 0.2) is 22.8 Å². The van der Waals surface area contributed by atoms with Crippen LogP contribution in [0.4, 0.5) is 4.79 Å². The largest absolute Gasteiger partial charge is 0.480 e. The van der Waals surface area contributed by atoms with Crippen LogP contribution in [0.5, 0.6) is 0 Å². The number of furan rings is 1. The van der Waals surface area contributed by atoms with E-state index in [1.165, 1.54) is 13.2 Å². The van der Waals surface area contributed by atoms with E-state index in [-0.39, 0.29) is 6.04 Å². The summed E-state index contributed by atoms with van der Waals surface area (Å²) in [4.78, 5) is 22.4. The van der Waals surface area contributed by atoms with Gasteiger partial charge in [0.15, 0.2) is 6.04 Å². The van der Waals surface area contributed by atoms with Crippen molar-refractivity contribution in [1.82, 2.24) is 10.6 Å². The average molecular weight is 270 g/mol. The number of carboxylic acids is 1. The van der Waals surface area contributed by atoms with Gasteiger partial charge in [0, 0.05) is 12.5 Å². The first-order valence-corrected chi connectivity index (χ1v) is 5.90. The minimum Gasteiger partial charge on any atom is -0.480 e. The molecule has 106 valence electrons. The smallest absolute Gasteiger partial charge is 0.328 e. The van der Waals surface area contributed by atoms with Gasteiger partial charge in [0.1, 0.15) is 5.76 Å². The Hall–Kier alpha value is -2.02. The Morgan fingerprint density at radius 3 is 2.53 bits per heavy atom. The zero-order chi connectivity index (χ0) is 14.4. The van der Waals surface area contributed by atoms with Crippen molar-refractivity contribution in [2.75, 3.05) is 0 Å². The van der Waals surface area contributed by atoms with Gasteiger partial charge in [0.05, 0.1) is 12.4 Å². The highest BCUT2D eigenvalue weighted by Gasteiger charge is 2.25. The number of aliphatic carboxylic acids is 1. The Morgan fingerprint density at radius 2 is 2.05 bits per heavy atom. The van der Waals surface area contributed by atoms with Gasteiger partial charge in [-0.2, -0.15) is 0 Å². The topological polar surface area (TPSA) is 112 Å². The van der Waals surface area contributed by atoms with Crippen LogP contribution in [0.25, 0.3) is 0 Å². The van der Waals surface area contributed by atoms with Crippen LogP contribution in [-0.2, 0) is 11.2 Å². The van der Waals surface area contributed by atoms with Crippen LogP contribution >= 0.6 is 0 Å². The number of carbonyl (C=O) groups excluding carboxylic acids is 1. The molecule has 0 radical (unpaired) electrons. The van der Waals surface area contributed by atoms with Crippen molar-refractivity contribution in [3.05, 3.63) is 24.2 Å². The van der Waals surface area contributed by atoms with Crippen molar-refractivity contribution >= 4 is 12.0 Å². The zero-order valence-corrected chi connectivity index (χ0v) is 10.8. The number of urea groups is 1. The Morgan fingerprint density at radius 1 is 1.37 bits per heavy atom. The maximum atomic E-state index is 11.6. The summed E-state index contributed by atoms with van der Waals surface area (Å²) in [5.41, 5.74) is 0. The summed E-state index contributed by atoms with van der Waals surface area (Å²) in [5, 5.41) is 22.8. The van der Waals surface area contributed by atoms with E-state index in [1.807, 2.05) is 0 Å². The van der Waals surface area contributed by atoms with Crippen molar-refractivity contribution in [1.29, 1.82) is 0 Å². The molecule has 0 aliphatic carbocycles. The molecular formula is C12H18N2O5. The van der Waals surface area contributed by atoms with Crippen molar-refractivity contribution in [2.24, 2.45) is 0 Å². The monoisotopic (exact) mass is 270 g/mol. The number of aliphatic hydroxyl groups excluding tert-OH is 1. The number of hydrogen-bond acceptors (Lipinski definition) is 4. The molecule has 0 saturated heterocycles. The van der Waals surface area contributed by atoms with Crippen LogP contribution in [0.1, 0.15) is 19.6 Å². The molecular weight excluding hydrogens is 252 g/mol. The average Bonchev–Trinajstić information content (AvgIpc) is 2.77. The van der Waals surface area contributed by atoms with Gasteiger partial charge in [0.25, 0.3) is 0 Å². The normalized spacial score (nSPS) is 15.3. The molecule has 3 atom stereocenters. The summed E-state index contributed by atoms with van der Waals surface area (Å²) < 4.78 is 5.14. The molecule has 0 spiro atoms. The van der Waals surface area contributed by atoms with Crippen LogP contribution in [0.3, 0.4) is 0 Å². The highest BCUT2D eigenvalue weighted by molar-refractivity contribution is 5.83. The standard InChI is InChI=1S/C12H18N2O5/c1-7(6-9-4-3-5-19-9)13-12(18)14-10(8(2)15)11(16)17/h3-5,7-8,10,15H,6H2,1-2H3,(H,16,17)(H2,13,14,18). The van der Waals surface area contributed by atoms with Crippen LogP contribution < -0.4 is 10.6 Å². The van der Waals surface area contributed by atoms with Crippen LogP contribution in [0, 0.1) is 0 Å². The molecule has 1 rings (SSSR count). The SMILES string of the molecule is CC(Cc1ccco1)NC(=O)NC(C(=O)O)C(C)O. The van der Waals surface area contributed by atoms with Gasteiger partial charge < -0.3 is 25.3 Å². The molecule has 0 bridgehead atoms. The highest BCUT2D eigenvalue weighted by Crippen LogP contribution is 2.03. The summed E-state index contributed by atoms with van der Waals surface area (Å²) in [7, 11) is 0. The van der Waals surface area contributed by atoms with E-state index in [2.05, 4.69) is 10.6 Å². The fraction of sp³-hybridized carbons (Fsp3) is 0.500. The number of carboxylic acid groups (broad SMARTS) is 1. The van der Waals surface area contributed by atoms with Gasteiger partial charge in [-0.1, -0.05) is 0 Å². The van der Waals surface area contributed by atoms with E-state index in [1.54, 1.807) is 19.1 Å². The number of hydrogen-bond donors (Lipinski definition) is 4. The molecule has 0 saturated carbocycles. The molecule has 7 nitrogen and oxygen atoms in total. The molecule has 1 aromatic heterocycles. The Balaban J connectivity index is 2.43. The second-order valence-corrected chi connectivity index (χ2v) is 4.36. The molecule has 19 heavy (non-hydrogen) atoms. The first-order valence-electron chi connectivity index (χ1n) is 5.90. The van der Waals surface area contributed by atoms with Crippen molar-refractivity contribution in [2.45, 2.75) is 38.5 Å².